The van der Waals surface area contributed by atoms with Crippen molar-refractivity contribution in [2.24, 2.45) is 5.41 Å². The van der Waals surface area contributed by atoms with Crippen LogP contribution in [0.3, 0.4) is 0 Å². The van der Waals surface area contributed by atoms with E-state index in [9.17, 15) is 4.79 Å². The van der Waals surface area contributed by atoms with Crippen LogP contribution in [0.15, 0.2) is 12.1 Å². The molecule has 0 radical (unpaired) electrons. The molecule has 0 saturated carbocycles. The highest BCUT2D eigenvalue weighted by atomic mass is 35.5. The Kier molecular flexibility index (Phi) is 3.90. The Bertz CT molecular complexity index is 496. The second kappa shape index (κ2) is 5.29. The Hall–Kier alpha value is -1.42. The molecular weight excluding hydrogens is 268 g/mol. The van der Waals surface area contributed by atoms with Crippen LogP contribution in [-0.2, 0) is 11.2 Å². The van der Waals surface area contributed by atoms with Crippen LogP contribution in [0.25, 0.3) is 0 Å². The van der Waals surface area contributed by atoms with Gasteiger partial charge < -0.3 is 14.6 Å². The fourth-order valence-electron chi connectivity index (χ4n) is 1.85. The van der Waals surface area contributed by atoms with Crippen LogP contribution in [0.5, 0.6) is 11.5 Å². The van der Waals surface area contributed by atoms with E-state index in [1.165, 1.54) is 0 Å². The van der Waals surface area contributed by atoms with Crippen molar-refractivity contribution in [2.45, 2.75) is 26.7 Å². The summed E-state index contributed by atoms with van der Waals surface area (Å²) in [6, 6.07) is 3.55. The first kappa shape index (κ1) is 14.0. The summed E-state index contributed by atoms with van der Waals surface area (Å²) < 4.78 is 11.4. The molecule has 1 N–H and O–H groups in total. The summed E-state index contributed by atoms with van der Waals surface area (Å²) >= 11 is 6.18. The molecule has 0 unspecified atom stereocenters. The summed E-state index contributed by atoms with van der Waals surface area (Å²) in [7, 11) is 0. The van der Waals surface area contributed by atoms with Crippen molar-refractivity contribution in [3.8, 4) is 11.5 Å². The Balaban J connectivity index is 2.24. The van der Waals surface area contributed by atoms with Crippen molar-refractivity contribution in [2.75, 3.05) is 13.2 Å². The largest absolute Gasteiger partial charge is 0.489 e. The van der Waals surface area contributed by atoms with Gasteiger partial charge in [0, 0.05) is 11.8 Å². The van der Waals surface area contributed by atoms with E-state index in [1.807, 2.05) is 6.07 Å². The van der Waals surface area contributed by atoms with Gasteiger partial charge in [-0.25, -0.2) is 0 Å². The fraction of sp³-hybridized carbons (Fsp3) is 0.500. The first-order chi connectivity index (χ1) is 8.87. The lowest BCUT2D eigenvalue weighted by Crippen LogP contribution is -2.26. The molecule has 5 heteroatoms. The predicted octanol–water partition coefficient (Wildman–Crippen LogP) is 3.15. The molecule has 1 heterocycles. The molecule has 0 bridgehead atoms. The molecule has 1 aliphatic heterocycles. The second-order valence-corrected chi connectivity index (χ2v) is 5.95. The zero-order valence-electron chi connectivity index (χ0n) is 11.0. The van der Waals surface area contributed by atoms with E-state index in [-0.39, 0.29) is 11.8 Å². The lowest BCUT2D eigenvalue weighted by atomic mass is 9.97. The Morgan fingerprint density at radius 3 is 2.74 bits per heavy atom. The maximum Gasteiger partial charge on any atom is 0.303 e. The summed E-state index contributed by atoms with van der Waals surface area (Å²) in [6.07, 6.45) is 0.497. The number of ether oxygens (including phenoxy) is 2. The number of hydrogen-bond donors (Lipinski definition) is 1. The van der Waals surface area contributed by atoms with Gasteiger partial charge in [-0.1, -0.05) is 25.4 Å². The minimum absolute atomic E-state index is 0.0709. The zero-order valence-corrected chi connectivity index (χ0v) is 11.8. The predicted molar refractivity (Wildman–Crippen MR) is 72.2 cm³/mol. The molecule has 2 rings (SSSR count). The van der Waals surface area contributed by atoms with Crippen molar-refractivity contribution in [3.63, 3.8) is 0 Å². The molecule has 19 heavy (non-hydrogen) atoms. The molecule has 0 atom stereocenters. The maximum absolute atomic E-state index is 10.6. The molecule has 1 aromatic carbocycles. The van der Waals surface area contributed by atoms with E-state index in [1.54, 1.807) is 6.07 Å². The Morgan fingerprint density at radius 1 is 1.37 bits per heavy atom. The van der Waals surface area contributed by atoms with Crippen LogP contribution in [-0.4, -0.2) is 24.3 Å². The average molecular weight is 285 g/mol. The van der Waals surface area contributed by atoms with Crippen LogP contribution in [0, 0.1) is 5.41 Å². The van der Waals surface area contributed by atoms with E-state index >= 15 is 0 Å². The van der Waals surface area contributed by atoms with Crippen molar-refractivity contribution < 1.29 is 19.4 Å². The van der Waals surface area contributed by atoms with Gasteiger partial charge in [-0.3, -0.25) is 4.79 Å². The van der Waals surface area contributed by atoms with E-state index in [0.717, 1.165) is 5.56 Å². The molecule has 4 nitrogen and oxygen atoms in total. The Labute approximate surface area is 117 Å². The highest BCUT2D eigenvalue weighted by Gasteiger charge is 2.26. The van der Waals surface area contributed by atoms with Crippen molar-refractivity contribution in [3.05, 3.63) is 22.7 Å². The molecule has 0 aromatic heterocycles. The lowest BCUT2D eigenvalue weighted by Gasteiger charge is -2.19. The molecule has 1 aliphatic rings. The SMILES string of the molecule is CC1(C)COc2cc(CCC(=O)O)cc(Cl)c2OC1. The van der Waals surface area contributed by atoms with Crippen LogP contribution in [0.2, 0.25) is 5.02 Å². The number of carboxylic acid groups (broad SMARTS) is 1. The second-order valence-electron chi connectivity index (χ2n) is 5.54. The monoisotopic (exact) mass is 284 g/mol. The third kappa shape index (κ3) is 3.53. The maximum atomic E-state index is 10.6. The molecule has 1 aromatic rings. The third-order valence-corrected chi connectivity index (χ3v) is 3.20. The van der Waals surface area contributed by atoms with E-state index < -0.39 is 5.97 Å². The molecule has 0 saturated heterocycles. The van der Waals surface area contributed by atoms with Gasteiger partial charge in [0.25, 0.3) is 0 Å². The highest BCUT2D eigenvalue weighted by molar-refractivity contribution is 6.32. The number of fused-ring (bicyclic) bond motifs is 1. The van der Waals surface area contributed by atoms with E-state index in [0.29, 0.717) is 36.2 Å². The first-order valence-corrected chi connectivity index (χ1v) is 6.55. The number of carbonyl (C=O) groups is 1. The summed E-state index contributed by atoms with van der Waals surface area (Å²) in [5, 5.41) is 9.18. The number of aryl methyl sites for hydroxylation is 1. The van der Waals surface area contributed by atoms with E-state index in [2.05, 4.69) is 13.8 Å². The molecule has 0 aliphatic carbocycles. The third-order valence-electron chi connectivity index (χ3n) is 2.92. The van der Waals surface area contributed by atoms with Crippen LogP contribution >= 0.6 is 11.6 Å². The molecular formula is C14H17ClO4. The van der Waals surface area contributed by atoms with Gasteiger partial charge in [0.1, 0.15) is 0 Å². The van der Waals surface area contributed by atoms with E-state index in [4.69, 9.17) is 26.2 Å². The van der Waals surface area contributed by atoms with Gasteiger partial charge in [-0.15, -0.1) is 0 Å². The minimum atomic E-state index is -0.829. The number of aliphatic carboxylic acids is 1. The summed E-state index contributed by atoms with van der Waals surface area (Å²) in [4.78, 5) is 10.6. The zero-order chi connectivity index (χ0) is 14.0. The first-order valence-electron chi connectivity index (χ1n) is 6.17. The molecule has 0 amide bonds. The lowest BCUT2D eigenvalue weighted by molar-refractivity contribution is -0.136. The standard InChI is InChI=1S/C14H17ClO4/c1-14(2)7-18-11-6-9(3-4-12(16)17)5-10(15)13(11)19-8-14/h5-6H,3-4,7-8H2,1-2H3,(H,16,17). The topological polar surface area (TPSA) is 55.8 Å². The number of benzene rings is 1. The highest BCUT2D eigenvalue weighted by Crippen LogP contribution is 2.40. The van der Waals surface area contributed by atoms with Crippen LogP contribution < -0.4 is 9.47 Å². The van der Waals surface area contributed by atoms with Crippen molar-refractivity contribution >= 4 is 17.6 Å². The normalized spacial score (nSPS) is 16.8. The van der Waals surface area contributed by atoms with Gasteiger partial charge >= 0.3 is 5.97 Å². The van der Waals surface area contributed by atoms with Gasteiger partial charge in [-0.05, 0) is 24.1 Å². The number of rotatable bonds is 3. The molecule has 0 spiro atoms. The quantitative estimate of drug-likeness (QED) is 0.926. The summed E-state index contributed by atoms with van der Waals surface area (Å²) in [5.74, 6) is 0.314. The van der Waals surface area contributed by atoms with Gasteiger partial charge in [0.2, 0.25) is 0 Å². The fourth-order valence-corrected chi connectivity index (χ4v) is 2.13. The average Bonchev–Trinajstić information content (AvgIpc) is 2.46. The molecule has 104 valence electrons. The van der Waals surface area contributed by atoms with Crippen LogP contribution in [0.1, 0.15) is 25.8 Å². The summed E-state index contributed by atoms with van der Waals surface area (Å²) in [6.45, 7) is 5.18. The van der Waals surface area contributed by atoms with Gasteiger partial charge in [0.15, 0.2) is 11.5 Å². The molecule has 0 fully saturated rings. The number of carboxylic acids is 1. The smallest absolute Gasteiger partial charge is 0.303 e. The Morgan fingerprint density at radius 2 is 2.05 bits per heavy atom. The van der Waals surface area contributed by atoms with Crippen LogP contribution in [0.4, 0.5) is 0 Å². The van der Waals surface area contributed by atoms with Crippen molar-refractivity contribution in [1.29, 1.82) is 0 Å². The number of halogens is 1. The van der Waals surface area contributed by atoms with Gasteiger partial charge in [-0.2, -0.15) is 0 Å². The summed E-state index contributed by atoms with van der Waals surface area (Å²) in [5.41, 5.74) is 0.762. The van der Waals surface area contributed by atoms with Gasteiger partial charge in [0.05, 0.1) is 18.2 Å². The van der Waals surface area contributed by atoms with Crippen molar-refractivity contribution in [1.82, 2.24) is 0 Å². The minimum Gasteiger partial charge on any atom is -0.489 e. The number of hydrogen-bond acceptors (Lipinski definition) is 3.